The number of hydrogen-bond acceptors (Lipinski definition) is 6. The Morgan fingerprint density at radius 3 is 0.875 bits per heavy atom. The molecule has 6 heteroatoms. The molecule has 0 unspecified atom stereocenters. The third-order valence-corrected chi connectivity index (χ3v) is 6.64. The average molecular weight is 337 g/mol. The quantitative estimate of drug-likeness (QED) is 0.427. The molecule has 6 nitrogen and oxygen atoms in total. The molecule has 138 valence electrons. The first-order valence-corrected chi connectivity index (χ1v) is 10.3. The molecule has 24 heavy (non-hydrogen) atoms. The summed E-state index contributed by atoms with van der Waals surface area (Å²) in [5.74, 6) is 2.30. The standard InChI is InChI=1S/C18H36N6/c1-7-19-8-2-13(1)16-22-17(14-3-9-20-10-4-14)24-18(23-16)15-5-11-21-12-6-15/h13-24H,1-12H2. The molecule has 4 fully saturated rings. The van der Waals surface area contributed by atoms with Crippen LogP contribution in [0.2, 0.25) is 0 Å². The van der Waals surface area contributed by atoms with Gasteiger partial charge in [0.05, 0.1) is 18.5 Å². The Morgan fingerprint density at radius 1 is 0.375 bits per heavy atom. The van der Waals surface area contributed by atoms with E-state index in [9.17, 15) is 0 Å². The van der Waals surface area contributed by atoms with Crippen molar-refractivity contribution in [3.8, 4) is 0 Å². The van der Waals surface area contributed by atoms with E-state index >= 15 is 0 Å². The Kier molecular flexibility index (Phi) is 6.04. The van der Waals surface area contributed by atoms with Gasteiger partial charge in [0.1, 0.15) is 0 Å². The molecule has 0 aromatic rings. The first kappa shape index (κ1) is 17.2. The maximum atomic E-state index is 3.97. The van der Waals surface area contributed by atoms with Crippen molar-refractivity contribution in [3.63, 3.8) is 0 Å². The molecular formula is C18H36N6. The van der Waals surface area contributed by atoms with Gasteiger partial charge in [0.25, 0.3) is 0 Å². The topological polar surface area (TPSA) is 72.2 Å². The molecule has 4 aliphatic rings. The Bertz CT molecular complexity index is 311. The van der Waals surface area contributed by atoms with Crippen molar-refractivity contribution in [2.75, 3.05) is 39.3 Å². The highest BCUT2D eigenvalue weighted by atomic mass is 15.4. The van der Waals surface area contributed by atoms with Crippen LogP contribution >= 0.6 is 0 Å². The molecule has 0 aliphatic carbocycles. The summed E-state index contributed by atoms with van der Waals surface area (Å²) < 4.78 is 0. The average Bonchev–Trinajstić information content (AvgIpc) is 2.70. The summed E-state index contributed by atoms with van der Waals surface area (Å²) in [4.78, 5) is 0. The minimum absolute atomic E-state index is 0.480. The predicted molar refractivity (Wildman–Crippen MR) is 97.6 cm³/mol. The minimum atomic E-state index is 0.480. The SMILES string of the molecule is C1CC(C2NC(C3CCNCC3)NC(C3CCNCC3)N2)CCN1. The molecule has 4 heterocycles. The predicted octanol–water partition coefficient (Wildman–Crippen LogP) is -0.254. The number of hydrogen-bond donors (Lipinski definition) is 6. The van der Waals surface area contributed by atoms with Crippen LogP contribution in [0, 0.1) is 17.8 Å². The molecule has 0 radical (unpaired) electrons. The zero-order valence-electron chi connectivity index (χ0n) is 14.9. The smallest absolute Gasteiger partial charge is 0.0625 e. The van der Waals surface area contributed by atoms with E-state index in [-0.39, 0.29) is 0 Å². The molecule has 0 saturated carbocycles. The van der Waals surface area contributed by atoms with Gasteiger partial charge in [0, 0.05) is 0 Å². The van der Waals surface area contributed by atoms with Gasteiger partial charge in [-0.05, 0) is 95.5 Å². The van der Waals surface area contributed by atoms with E-state index in [2.05, 4.69) is 31.9 Å². The highest BCUT2D eigenvalue weighted by Gasteiger charge is 2.38. The van der Waals surface area contributed by atoms with Crippen LogP contribution in [0.25, 0.3) is 0 Å². The van der Waals surface area contributed by atoms with Crippen LogP contribution in [-0.4, -0.2) is 57.8 Å². The van der Waals surface area contributed by atoms with Gasteiger partial charge in [-0.25, -0.2) is 0 Å². The largest absolute Gasteiger partial charge is 0.317 e. The Labute approximate surface area is 146 Å². The lowest BCUT2D eigenvalue weighted by Gasteiger charge is -2.48. The third-order valence-electron chi connectivity index (χ3n) is 6.64. The monoisotopic (exact) mass is 336 g/mol. The second kappa shape index (κ2) is 8.43. The molecular weight excluding hydrogens is 300 g/mol. The summed E-state index contributed by atoms with van der Waals surface area (Å²) in [5, 5.41) is 22.5. The summed E-state index contributed by atoms with van der Waals surface area (Å²) in [7, 11) is 0. The molecule has 0 aromatic heterocycles. The Balaban J connectivity index is 1.44. The summed E-state index contributed by atoms with van der Waals surface area (Å²) in [6.07, 6.45) is 9.20. The fourth-order valence-electron chi connectivity index (χ4n) is 5.07. The molecule has 6 N–H and O–H groups in total. The number of piperidine rings is 3. The first-order valence-electron chi connectivity index (χ1n) is 10.3. The summed E-state index contributed by atoms with van der Waals surface area (Å²) >= 11 is 0. The lowest BCUT2D eigenvalue weighted by Crippen LogP contribution is -2.73. The first-order chi connectivity index (χ1) is 11.9. The van der Waals surface area contributed by atoms with Crippen molar-refractivity contribution in [3.05, 3.63) is 0 Å². The van der Waals surface area contributed by atoms with Crippen molar-refractivity contribution in [1.29, 1.82) is 0 Å². The van der Waals surface area contributed by atoms with Gasteiger partial charge in [-0.1, -0.05) is 0 Å². The van der Waals surface area contributed by atoms with Gasteiger partial charge in [0.2, 0.25) is 0 Å². The molecule has 4 saturated heterocycles. The van der Waals surface area contributed by atoms with Crippen LogP contribution in [-0.2, 0) is 0 Å². The van der Waals surface area contributed by atoms with Crippen molar-refractivity contribution in [2.24, 2.45) is 17.8 Å². The zero-order valence-corrected chi connectivity index (χ0v) is 14.9. The molecule has 0 bridgehead atoms. The van der Waals surface area contributed by atoms with E-state index in [0.29, 0.717) is 18.5 Å². The highest BCUT2D eigenvalue weighted by molar-refractivity contribution is 4.94. The van der Waals surface area contributed by atoms with E-state index < -0.39 is 0 Å². The Hall–Kier alpha value is -0.240. The van der Waals surface area contributed by atoms with Crippen molar-refractivity contribution >= 4 is 0 Å². The third kappa shape index (κ3) is 4.11. The second-order valence-electron chi connectivity index (χ2n) is 8.20. The van der Waals surface area contributed by atoms with Gasteiger partial charge < -0.3 is 16.0 Å². The maximum Gasteiger partial charge on any atom is 0.0625 e. The highest BCUT2D eigenvalue weighted by Crippen LogP contribution is 2.25. The molecule has 0 spiro atoms. The van der Waals surface area contributed by atoms with Gasteiger partial charge in [-0.15, -0.1) is 0 Å². The van der Waals surface area contributed by atoms with E-state index in [1.54, 1.807) is 0 Å². The van der Waals surface area contributed by atoms with Crippen LogP contribution in [0.15, 0.2) is 0 Å². The van der Waals surface area contributed by atoms with Crippen LogP contribution in [0.5, 0.6) is 0 Å². The van der Waals surface area contributed by atoms with E-state index in [4.69, 9.17) is 0 Å². The lowest BCUT2D eigenvalue weighted by molar-refractivity contribution is 0.0651. The van der Waals surface area contributed by atoms with Gasteiger partial charge in [0.15, 0.2) is 0 Å². The molecule has 0 amide bonds. The van der Waals surface area contributed by atoms with Crippen molar-refractivity contribution in [2.45, 2.75) is 57.0 Å². The van der Waals surface area contributed by atoms with Gasteiger partial charge in [-0.3, -0.25) is 16.0 Å². The fourth-order valence-corrected chi connectivity index (χ4v) is 5.07. The summed E-state index contributed by atoms with van der Waals surface area (Å²) in [6.45, 7) is 7.05. The second-order valence-corrected chi connectivity index (χ2v) is 8.20. The molecule has 4 rings (SSSR count). The van der Waals surface area contributed by atoms with Crippen LogP contribution < -0.4 is 31.9 Å². The van der Waals surface area contributed by atoms with E-state index in [1.807, 2.05) is 0 Å². The van der Waals surface area contributed by atoms with E-state index in [0.717, 1.165) is 17.8 Å². The van der Waals surface area contributed by atoms with Crippen LogP contribution in [0.1, 0.15) is 38.5 Å². The van der Waals surface area contributed by atoms with Crippen LogP contribution in [0.3, 0.4) is 0 Å². The lowest BCUT2D eigenvalue weighted by atomic mass is 9.87. The van der Waals surface area contributed by atoms with E-state index in [1.165, 1.54) is 77.8 Å². The number of nitrogens with one attached hydrogen (secondary N) is 6. The minimum Gasteiger partial charge on any atom is -0.317 e. The Morgan fingerprint density at radius 2 is 0.625 bits per heavy atom. The van der Waals surface area contributed by atoms with Crippen LogP contribution in [0.4, 0.5) is 0 Å². The molecule has 0 atom stereocenters. The maximum absolute atomic E-state index is 3.97. The normalized spacial score (nSPS) is 38.2. The molecule has 4 aliphatic heterocycles. The van der Waals surface area contributed by atoms with Gasteiger partial charge in [-0.2, -0.15) is 0 Å². The molecule has 0 aromatic carbocycles. The fraction of sp³-hybridized carbons (Fsp3) is 1.00. The zero-order chi connectivity index (χ0) is 16.2. The summed E-state index contributed by atoms with van der Waals surface area (Å²) in [6, 6.07) is 0. The van der Waals surface area contributed by atoms with Gasteiger partial charge >= 0.3 is 0 Å². The summed E-state index contributed by atoms with van der Waals surface area (Å²) in [5.41, 5.74) is 0. The van der Waals surface area contributed by atoms with Crippen molar-refractivity contribution < 1.29 is 0 Å². The number of rotatable bonds is 3. The van der Waals surface area contributed by atoms with Crippen molar-refractivity contribution in [1.82, 2.24) is 31.9 Å².